The van der Waals surface area contributed by atoms with E-state index < -0.39 is 40.8 Å². The van der Waals surface area contributed by atoms with Gasteiger partial charge in [0.1, 0.15) is 32.5 Å². The van der Waals surface area contributed by atoms with Crippen LogP contribution in [0.25, 0.3) is 0 Å². The summed E-state index contributed by atoms with van der Waals surface area (Å²) in [6, 6.07) is 0. The van der Waals surface area contributed by atoms with Crippen molar-refractivity contribution in [3.63, 3.8) is 0 Å². The van der Waals surface area contributed by atoms with Crippen LogP contribution in [0.1, 0.15) is 0 Å². The molecule has 0 aromatic carbocycles. The van der Waals surface area contributed by atoms with E-state index in [2.05, 4.69) is 44.2 Å². The van der Waals surface area contributed by atoms with Crippen LogP contribution in [0.5, 0.6) is 0 Å². The summed E-state index contributed by atoms with van der Waals surface area (Å²) in [6.45, 7) is 1.32. The first-order valence-corrected chi connectivity index (χ1v) is 11.0. The molecule has 9 nitrogen and oxygen atoms in total. The van der Waals surface area contributed by atoms with Crippen LogP contribution in [0.15, 0.2) is 0 Å². The van der Waals surface area contributed by atoms with Gasteiger partial charge in [0.15, 0.2) is 0 Å². The van der Waals surface area contributed by atoms with Crippen LogP contribution in [-0.2, 0) is 25.4 Å². The molecule has 0 aromatic rings. The molecule has 1 radical (unpaired) electrons. The van der Waals surface area contributed by atoms with Gasteiger partial charge in [0.25, 0.3) is 0 Å². The first kappa shape index (κ1) is 20.5. The van der Waals surface area contributed by atoms with Gasteiger partial charge in [-0.05, 0) is 0 Å². The molecular weight excluding hydrogens is 456 g/mol. The van der Waals surface area contributed by atoms with Crippen molar-refractivity contribution in [1.82, 2.24) is 0 Å². The third-order valence-electron chi connectivity index (χ3n) is 1.83. The van der Waals surface area contributed by atoms with Crippen LogP contribution >= 0.6 is 55.3 Å². The monoisotopic (exact) mass is 465 g/mol. The van der Waals surface area contributed by atoms with Crippen molar-refractivity contribution in [2.45, 2.75) is 12.5 Å². The van der Waals surface area contributed by atoms with Crippen molar-refractivity contribution >= 4 is 62.8 Å². The van der Waals surface area contributed by atoms with Gasteiger partial charge < -0.3 is 19.1 Å². The van der Waals surface area contributed by atoms with E-state index >= 15 is 0 Å². The van der Waals surface area contributed by atoms with Crippen LogP contribution < -0.4 is 0 Å². The Morgan fingerprint density at radius 2 is 1.58 bits per heavy atom. The minimum absolute atomic E-state index is 0.786. The second-order valence-electron chi connectivity index (χ2n) is 3.34. The molecule has 0 saturated carbocycles. The highest BCUT2D eigenvalue weighted by molar-refractivity contribution is 9.07. The predicted molar refractivity (Wildman–Crippen MR) is 75.7 cm³/mol. The molecular formula is C4H11BBr2O9P3. The molecule has 0 amide bonds. The standard InChI is InChI=1S/C4H11BBr2O9P3/c1-5-14-17(8,9)2-4(19(11,12)13)3-18(10,15-6)16-7/h4H,2-3H2,1H3,(H,8,9)(H2,11,12,13). The highest BCUT2D eigenvalue weighted by Crippen LogP contribution is 2.60. The lowest BCUT2D eigenvalue weighted by Gasteiger charge is -2.22. The molecule has 2 atom stereocenters. The topological polar surface area (TPSA) is 140 Å². The molecule has 0 saturated heterocycles. The maximum atomic E-state index is 11.8. The lowest BCUT2D eigenvalue weighted by atomic mass is 10.1. The summed E-state index contributed by atoms with van der Waals surface area (Å²) >= 11 is 4.80. The van der Waals surface area contributed by atoms with Gasteiger partial charge in [-0.15, -0.1) is 0 Å². The highest BCUT2D eigenvalue weighted by atomic mass is 79.9. The minimum atomic E-state index is -4.82. The second kappa shape index (κ2) is 8.20. The van der Waals surface area contributed by atoms with Crippen LogP contribution in [0.4, 0.5) is 0 Å². The first-order valence-electron chi connectivity index (χ1n) is 4.52. The Kier molecular flexibility index (Phi) is 8.83. The van der Waals surface area contributed by atoms with Gasteiger partial charge in [0.2, 0.25) is 0 Å². The zero-order valence-electron chi connectivity index (χ0n) is 9.46. The van der Waals surface area contributed by atoms with Gasteiger partial charge in [-0.25, -0.2) is 7.23 Å². The summed E-state index contributed by atoms with van der Waals surface area (Å²) in [5.74, 6) is 0. The smallest absolute Gasteiger partial charge is 0.353 e. The SMILES string of the molecule is C[B]OP(=O)(O)CC(CP(=O)(OBr)OBr)P(=O)(O)O. The Bertz CT molecular complexity index is 418. The normalized spacial score (nSPS) is 17.8. The first-order chi connectivity index (χ1) is 8.49. The largest absolute Gasteiger partial charge is 0.376 e. The average molecular weight is 467 g/mol. The molecule has 15 heteroatoms. The summed E-state index contributed by atoms with van der Waals surface area (Å²) in [5.41, 5.74) is -1.73. The maximum absolute atomic E-state index is 11.8. The quantitative estimate of drug-likeness (QED) is 0.345. The molecule has 0 spiro atoms. The Hall–Kier alpha value is 1.47. The Balaban J connectivity index is 5.12. The van der Waals surface area contributed by atoms with Crippen molar-refractivity contribution < 1.29 is 40.0 Å². The molecule has 0 aromatic heterocycles. The summed E-state index contributed by atoms with van der Waals surface area (Å²) in [4.78, 5) is 27.6. The summed E-state index contributed by atoms with van der Waals surface area (Å²) in [5, 5.41) is 0. The predicted octanol–water partition coefficient (Wildman–Crippen LogP) is 2.25. The van der Waals surface area contributed by atoms with Gasteiger partial charge in [0.05, 0.1) is 18.0 Å². The van der Waals surface area contributed by atoms with Crippen LogP contribution in [0, 0.1) is 0 Å². The Labute approximate surface area is 127 Å². The Morgan fingerprint density at radius 1 is 1.11 bits per heavy atom. The molecule has 113 valence electrons. The fourth-order valence-electron chi connectivity index (χ4n) is 1.07. The Morgan fingerprint density at radius 3 is 1.89 bits per heavy atom. The molecule has 0 rings (SSSR count). The maximum Gasteiger partial charge on any atom is 0.353 e. The van der Waals surface area contributed by atoms with Crippen molar-refractivity contribution in [2.24, 2.45) is 0 Å². The average Bonchev–Trinajstić information content (AvgIpc) is 2.26. The molecule has 0 fully saturated rings. The number of hydrogen-bond donors (Lipinski definition) is 3. The van der Waals surface area contributed by atoms with Crippen molar-refractivity contribution in [3.8, 4) is 0 Å². The van der Waals surface area contributed by atoms with Gasteiger partial charge in [-0.3, -0.25) is 13.7 Å². The second-order valence-corrected chi connectivity index (χ2v) is 10.7. The molecule has 0 heterocycles. The lowest BCUT2D eigenvalue weighted by molar-refractivity contribution is 0.351. The van der Waals surface area contributed by atoms with Crippen molar-refractivity contribution in [2.75, 3.05) is 12.3 Å². The zero-order valence-corrected chi connectivity index (χ0v) is 15.3. The molecule has 0 aliphatic rings. The number of halogens is 2. The lowest BCUT2D eigenvalue weighted by Crippen LogP contribution is -2.20. The van der Waals surface area contributed by atoms with Crippen LogP contribution in [-0.4, -0.2) is 40.1 Å². The van der Waals surface area contributed by atoms with E-state index in [0.29, 0.717) is 0 Å². The third kappa shape index (κ3) is 7.88. The fourth-order valence-corrected chi connectivity index (χ4v) is 7.59. The van der Waals surface area contributed by atoms with E-state index in [-0.39, 0.29) is 0 Å². The van der Waals surface area contributed by atoms with Gasteiger partial charge in [-0.1, -0.05) is 6.82 Å². The summed E-state index contributed by atoms with van der Waals surface area (Å²) < 4.78 is 47.5. The van der Waals surface area contributed by atoms with Gasteiger partial charge in [0, 0.05) is 0 Å². The van der Waals surface area contributed by atoms with E-state index in [1.54, 1.807) is 0 Å². The van der Waals surface area contributed by atoms with E-state index in [0.717, 1.165) is 7.48 Å². The molecule has 3 N–H and O–H groups in total. The highest BCUT2D eigenvalue weighted by Gasteiger charge is 2.42. The van der Waals surface area contributed by atoms with Gasteiger partial charge >= 0.3 is 30.3 Å². The molecule has 0 bridgehead atoms. The van der Waals surface area contributed by atoms with Gasteiger partial charge in [-0.2, -0.15) is 0 Å². The zero-order chi connectivity index (χ0) is 15.3. The molecule has 2 unspecified atom stereocenters. The fraction of sp³-hybridized carbons (Fsp3) is 1.00. The van der Waals surface area contributed by atoms with Crippen molar-refractivity contribution in [1.29, 1.82) is 0 Å². The van der Waals surface area contributed by atoms with Crippen molar-refractivity contribution in [3.05, 3.63) is 0 Å². The van der Waals surface area contributed by atoms with Crippen LogP contribution in [0.2, 0.25) is 6.82 Å². The van der Waals surface area contributed by atoms with E-state index in [1.807, 2.05) is 0 Å². The molecule has 19 heavy (non-hydrogen) atoms. The number of rotatable bonds is 9. The van der Waals surface area contributed by atoms with E-state index in [9.17, 15) is 18.6 Å². The van der Waals surface area contributed by atoms with Crippen LogP contribution in [0.3, 0.4) is 0 Å². The summed E-state index contributed by atoms with van der Waals surface area (Å²) in [6.07, 6.45) is -1.69. The molecule has 0 aliphatic carbocycles. The van der Waals surface area contributed by atoms with E-state index in [1.165, 1.54) is 6.82 Å². The molecule has 0 aliphatic heterocycles. The minimum Gasteiger partial charge on any atom is -0.376 e. The number of hydrogen-bond acceptors (Lipinski definition) is 6. The van der Waals surface area contributed by atoms with E-state index in [4.69, 9.17) is 9.79 Å². The summed E-state index contributed by atoms with van der Waals surface area (Å²) in [7, 11) is -12.1. The third-order valence-corrected chi connectivity index (χ3v) is 9.12.